The van der Waals surface area contributed by atoms with E-state index < -0.39 is 0 Å². The molecule has 1 atom stereocenters. The first kappa shape index (κ1) is 15.2. The topological polar surface area (TPSA) is 15.3 Å². The summed E-state index contributed by atoms with van der Waals surface area (Å²) in [5.41, 5.74) is 2.82. The highest BCUT2D eigenvalue weighted by molar-refractivity contribution is 5.28. The van der Waals surface area contributed by atoms with E-state index >= 15 is 0 Å². The fraction of sp³-hybridized carbons (Fsp3) is 0.625. The monoisotopic (exact) mass is 248 g/mol. The van der Waals surface area contributed by atoms with Crippen LogP contribution >= 0.6 is 0 Å². The average molecular weight is 248 g/mol. The minimum absolute atomic E-state index is 0.470. The first-order chi connectivity index (χ1) is 8.72. The van der Waals surface area contributed by atoms with Crippen molar-refractivity contribution >= 4 is 0 Å². The molecule has 0 aromatic heterocycles. The predicted molar refractivity (Wildman–Crippen MR) is 80.0 cm³/mol. The highest BCUT2D eigenvalue weighted by Crippen LogP contribution is 2.20. The maximum atomic E-state index is 3.45. The van der Waals surface area contributed by atoms with Crippen LogP contribution in [0.3, 0.4) is 0 Å². The Bertz CT molecular complexity index is 336. The van der Waals surface area contributed by atoms with Crippen LogP contribution < -0.4 is 5.32 Å². The Labute approximate surface area is 112 Å². The molecule has 1 N–H and O–H groups in total. The van der Waals surface area contributed by atoms with Gasteiger partial charge in [0.1, 0.15) is 0 Å². The SMILES string of the molecule is CCCN(CC)CCC(NC)c1ccccc1C. The van der Waals surface area contributed by atoms with Crippen molar-refractivity contribution in [1.82, 2.24) is 10.2 Å². The van der Waals surface area contributed by atoms with E-state index in [0.29, 0.717) is 6.04 Å². The highest BCUT2D eigenvalue weighted by atomic mass is 15.1. The van der Waals surface area contributed by atoms with Crippen LogP contribution in [-0.4, -0.2) is 31.6 Å². The quantitative estimate of drug-likeness (QED) is 0.759. The maximum Gasteiger partial charge on any atom is 0.0332 e. The molecule has 2 heteroatoms. The molecule has 1 rings (SSSR count). The van der Waals surface area contributed by atoms with Crippen molar-refractivity contribution in [3.63, 3.8) is 0 Å². The molecule has 0 aliphatic rings. The van der Waals surface area contributed by atoms with Gasteiger partial charge in [-0.2, -0.15) is 0 Å². The molecular weight excluding hydrogens is 220 g/mol. The van der Waals surface area contributed by atoms with Crippen LogP contribution in [0.2, 0.25) is 0 Å². The third-order valence-electron chi connectivity index (χ3n) is 3.63. The van der Waals surface area contributed by atoms with Crippen LogP contribution in [0.4, 0.5) is 0 Å². The molecule has 0 bridgehead atoms. The lowest BCUT2D eigenvalue weighted by Crippen LogP contribution is -2.29. The zero-order valence-corrected chi connectivity index (χ0v) is 12.4. The summed E-state index contributed by atoms with van der Waals surface area (Å²) in [5, 5.41) is 3.45. The van der Waals surface area contributed by atoms with Crippen molar-refractivity contribution < 1.29 is 0 Å². The van der Waals surface area contributed by atoms with E-state index in [1.165, 1.54) is 37.1 Å². The van der Waals surface area contributed by atoms with Crippen molar-refractivity contribution in [1.29, 1.82) is 0 Å². The van der Waals surface area contributed by atoms with Gasteiger partial charge in [0.15, 0.2) is 0 Å². The van der Waals surface area contributed by atoms with E-state index in [4.69, 9.17) is 0 Å². The molecular formula is C16H28N2. The summed E-state index contributed by atoms with van der Waals surface area (Å²) in [6.07, 6.45) is 2.41. The summed E-state index contributed by atoms with van der Waals surface area (Å²) in [6.45, 7) is 10.2. The zero-order chi connectivity index (χ0) is 13.4. The number of hydrogen-bond acceptors (Lipinski definition) is 2. The number of aryl methyl sites for hydroxylation is 1. The van der Waals surface area contributed by atoms with Crippen molar-refractivity contribution in [2.24, 2.45) is 0 Å². The van der Waals surface area contributed by atoms with Crippen molar-refractivity contribution in [3.05, 3.63) is 35.4 Å². The van der Waals surface area contributed by atoms with Crippen molar-refractivity contribution in [3.8, 4) is 0 Å². The lowest BCUT2D eigenvalue weighted by Gasteiger charge is -2.24. The lowest BCUT2D eigenvalue weighted by atomic mass is 9.99. The van der Waals surface area contributed by atoms with Gasteiger partial charge in [0.05, 0.1) is 0 Å². The molecule has 0 amide bonds. The first-order valence-electron chi connectivity index (χ1n) is 7.18. The highest BCUT2D eigenvalue weighted by Gasteiger charge is 2.12. The second-order valence-electron chi connectivity index (χ2n) is 4.92. The fourth-order valence-electron chi connectivity index (χ4n) is 2.49. The van der Waals surface area contributed by atoms with E-state index in [-0.39, 0.29) is 0 Å². The zero-order valence-electron chi connectivity index (χ0n) is 12.4. The van der Waals surface area contributed by atoms with Gasteiger partial charge in [0.2, 0.25) is 0 Å². The molecule has 1 unspecified atom stereocenters. The van der Waals surface area contributed by atoms with Crippen LogP contribution in [0, 0.1) is 6.92 Å². The Kier molecular flexibility index (Phi) is 6.99. The van der Waals surface area contributed by atoms with Crippen molar-refractivity contribution in [2.75, 3.05) is 26.7 Å². The fourth-order valence-corrected chi connectivity index (χ4v) is 2.49. The van der Waals surface area contributed by atoms with Gasteiger partial charge in [-0.3, -0.25) is 0 Å². The third kappa shape index (κ3) is 4.43. The molecule has 1 aromatic rings. The van der Waals surface area contributed by atoms with Gasteiger partial charge < -0.3 is 10.2 Å². The molecule has 1 aromatic carbocycles. The Morgan fingerprint density at radius 1 is 1.17 bits per heavy atom. The molecule has 0 saturated heterocycles. The van der Waals surface area contributed by atoms with E-state index in [9.17, 15) is 0 Å². The van der Waals surface area contributed by atoms with Gasteiger partial charge in [0, 0.05) is 6.04 Å². The standard InChI is InChI=1S/C16H28N2/c1-5-12-18(6-2)13-11-16(17-4)15-10-8-7-9-14(15)3/h7-10,16-17H,5-6,11-13H2,1-4H3. The van der Waals surface area contributed by atoms with Crippen LogP contribution in [0.15, 0.2) is 24.3 Å². The van der Waals surface area contributed by atoms with Gasteiger partial charge in [0.25, 0.3) is 0 Å². The number of rotatable bonds is 8. The van der Waals surface area contributed by atoms with Crippen LogP contribution in [-0.2, 0) is 0 Å². The molecule has 18 heavy (non-hydrogen) atoms. The molecule has 0 aliphatic heterocycles. The first-order valence-corrected chi connectivity index (χ1v) is 7.18. The Morgan fingerprint density at radius 2 is 1.89 bits per heavy atom. The normalized spacial score (nSPS) is 12.9. The molecule has 0 spiro atoms. The van der Waals surface area contributed by atoms with Gasteiger partial charge in [-0.1, -0.05) is 38.1 Å². The summed E-state index contributed by atoms with van der Waals surface area (Å²) in [6, 6.07) is 9.16. The van der Waals surface area contributed by atoms with Gasteiger partial charge in [-0.25, -0.2) is 0 Å². The second-order valence-corrected chi connectivity index (χ2v) is 4.92. The third-order valence-corrected chi connectivity index (χ3v) is 3.63. The van der Waals surface area contributed by atoms with Crippen LogP contribution in [0.25, 0.3) is 0 Å². The minimum Gasteiger partial charge on any atom is -0.313 e. The summed E-state index contributed by atoms with van der Waals surface area (Å²) in [5.74, 6) is 0. The summed E-state index contributed by atoms with van der Waals surface area (Å²) >= 11 is 0. The molecule has 0 radical (unpaired) electrons. The molecule has 0 aliphatic carbocycles. The number of benzene rings is 1. The van der Waals surface area contributed by atoms with E-state index in [2.05, 4.69) is 62.3 Å². The van der Waals surface area contributed by atoms with Crippen LogP contribution in [0.5, 0.6) is 0 Å². The van der Waals surface area contributed by atoms with E-state index in [1.54, 1.807) is 0 Å². The summed E-state index contributed by atoms with van der Waals surface area (Å²) in [7, 11) is 2.06. The Balaban J connectivity index is 2.60. The Morgan fingerprint density at radius 3 is 2.44 bits per heavy atom. The van der Waals surface area contributed by atoms with Crippen molar-refractivity contribution in [2.45, 2.75) is 39.7 Å². The van der Waals surface area contributed by atoms with Gasteiger partial charge in [-0.05, 0) is 57.6 Å². The largest absolute Gasteiger partial charge is 0.313 e. The number of hydrogen-bond donors (Lipinski definition) is 1. The number of nitrogens with zero attached hydrogens (tertiary/aromatic N) is 1. The molecule has 0 heterocycles. The van der Waals surface area contributed by atoms with E-state index in [0.717, 1.165) is 6.54 Å². The predicted octanol–water partition coefficient (Wildman–Crippen LogP) is 3.38. The number of nitrogens with one attached hydrogen (secondary N) is 1. The molecule has 2 nitrogen and oxygen atoms in total. The second kappa shape index (κ2) is 8.28. The van der Waals surface area contributed by atoms with Gasteiger partial charge >= 0.3 is 0 Å². The lowest BCUT2D eigenvalue weighted by molar-refractivity contribution is 0.271. The Hall–Kier alpha value is -0.860. The van der Waals surface area contributed by atoms with Gasteiger partial charge in [-0.15, -0.1) is 0 Å². The maximum absolute atomic E-state index is 3.45. The molecule has 0 saturated carbocycles. The van der Waals surface area contributed by atoms with Crippen LogP contribution in [0.1, 0.15) is 43.9 Å². The van der Waals surface area contributed by atoms with E-state index in [1.807, 2.05) is 0 Å². The smallest absolute Gasteiger partial charge is 0.0332 e. The summed E-state index contributed by atoms with van der Waals surface area (Å²) in [4.78, 5) is 2.53. The molecule has 0 fully saturated rings. The summed E-state index contributed by atoms with van der Waals surface area (Å²) < 4.78 is 0. The molecule has 102 valence electrons. The average Bonchev–Trinajstić information content (AvgIpc) is 2.40. The minimum atomic E-state index is 0.470.